The quantitative estimate of drug-likeness (QED) is 0.332. The van der Waals surface area contributed by atoms with E-state index in [1.807, 2.05) is 48.5 Å². The largest absolute Gasteiger partial charge is 0.352 e. The van der Waals surface area contributed by atoms with Crippen molar-refractivity contribution in [3.05, 3.63) is 105 Å². The van der Waals surface area contributed by atoms with Crippen LogP contribution in [0.25, 0.3) is 0 Å². The van der Waals surface area contributed by atoms with Crippen molar-refractivity contribution < 1.29 is 28.8 Å². The number of amides is 6. The number of hydrogen-bond donors (Lipinski definition) is 3. The lowest BCUT2D eigenvalue weighted by molar-refractivity contribution is -0.136. The average Bonchev–Trinajstić information content (AvgIpc) is 3.21. The second-order valence-electron chi connectivity index (χ2n) is 9.75. The Hall–Kier alpha value is -4.64. The first-order valence-corrected chi connectivity index (χ1v) is 13.7. The third-order valence-electron chi connectivity index (χ3n) is 6.98. The van der Waals surface area contributed by atoms with Gasteiger partial charge >= 0.3 is 0 Å². The minimum absolute atomic E-state index is 0.0273. The molecule has 2 heterocycles. The number of halogens is 1. The normalized spacial score (nSPS) is 16.3. The van der Waals surface area contributed by atoms with Gasteiger partial charge in [0, 0.05) is 29.5 Å². The highest BCUT2D eigenvalue weighted by molar-refractivity contribution is 9.10. The summed E-state index contributed by atoms with van der Waals surface area (Å²) < 4.78 is 0.885. The van der Waals surface area contributed by atoms with Crippen LogP contribution in [0, 0.1) is 0 Å². The Morgan fingerprint density at radius 1 is 0.854 bits per heavy atom. The van der Waals surface area contributed by atoms with E-state index in [0.717, 1.165) is 26.1 Å². The highest BCUT2D eigenvalue weighted by Gasteiger charge is 2.44. The van der Waals surface area contributed by atoms with Crippen LogP contribution in [0.5, 0.6) is 0 Å². The lowest BCUT2D eigenvalue weighted by atomic mass is 10.0. The highest BCUT2D eigenvalue weighted by atomic mass is 79.9. The van der Waals surface area contributed by atoms with E-state index >= 15 is 0 Å². The zero-order valence-corrected chi connectivity index (χ0v) is 23.3. The van der Waals surface area contributed by atoms with Crippen LogP contribution in [-0.4, -0.2) is 46.4 Å². The summed E-state index contributed by atoms with van der Waals surface area (Å²) in [4.78, 5) is 75.5. The third kappa shape index (κ3) is 6.09. The van der Waals surface area contributed by atoms with Crippen LogP contribution in [0.15, 0.2) is 71.2 Å². The van der Waals surface area contributed by atoms with Gasteiger partial charge in [0.25, 0.3) is 17.7 Å². The molecule has 0 spiro atoms. The topological polar surface area (TPSA) is 142 Å². The minimum atomic E-state index is -1.07. The van der Waals surface area contributed by atoms with Gasteiger partial charge in [0.1, 0.15) is 6.04 Å². The molecule has 3 aromatic rings. The van der Waals surface area contributed by atoms with Crippen LogP contribution >= 0.6 is 15.9 Å². The van der Waals surface area contributed by atoms with Gasteiger partial charge in [0.15, 0.2) is 0 Å². The summed E-state index contributed by atoms with van der Waals surface area (Å²) >= 11 is 3.44. The smallest absolute Gasteiger partial charge is 0.262 e. The fourth-order valence-corrected chi connectivity index (χ4v) is 5.17. The van der Waals surface area contributed by atoms with E-state index in [1.165, 1.54) is 18.2 Å². The molecule has 1 atom stereocenters. The van der Waals surface area contributed by atoms with Gasteiger partial charge in [-0.3, -0.25) is 39.0 Å². The average molecular weight is 617 g/mol. The lowest BCUT2D eigenvalue weighted by Gasteiger charge is -2.27. The summed E-state index contributed by atoms with van der Waals surface area (Å²) in [6.45, 7) is 0.591. The summed E-state index contributed by atoms with van der Waals surface area (Å²) in [7, 11) is 0. The van der Waals surface area contributed by atoms with Gasteiger partial charge in [-0.25, -0.2) is 0 Å². The monoisotopic (exact) mass is 616 g/mol. The highest BCUT2D eigenvalue weighted by Crippen LogP contribution is 2.28. The second kappa shape index (κ2) is 11.8. The first-order chi connectivity index (χ1) is 19.7. The molecule has 1 unspecified atom stereocenters. The maximum Gasteiger partial charge on any atom is 0.262 e. The summed E-state index contributed by atoms with van der Waals surface area (Å²) in [5.74, 6) is -2.97. The Morgan fingerprint density at radius 3 is 2.20 bits per heavy atom. The number of nitrogens with one attached hydrogen (secondary N) is 3. The fraction of sp³-hybridized carbons (Fsp3) is 0.200. The molecule has 0 saturated carbocycles. The summed E-state index contributed by atoms with van der Waals surface area (Å²) in [6.07, 6.45) is 0.350. The minimum Gasteiger partial charge on any atom is -0.352 e. The molecule has 5 rings (SSSR count). The molecule has 10 nitrogen and oxygen atoms in total. The second-order valence-corrected chi connectivity index (χ2v) is 10.6. The van der Waals surface area contributed by atoms with Crippen molar-refractivity contribution in [3.63, 3.8) is 0 Å². The molecule has 0 radical (unpaired) electrons. The molecule has 3 N–H and O–H groups in total. The Labute approximate surface area is 243 Å². The molecular weight excluding hydrogens is 592 g/mol. The Balaban J connectivity index is 1.15. The number of benzene rings is 3. The number of carbonyl (C=O) groups is 6. The van der Waals surface area contributed by atoms with E-state index in [-0.39, 0.29) is 48.4 Å². The molecule has 1 saturated heterocycles. The third-order valence-corrected chi connectivity index (χ3v) is 7.75. The number of hydrogen-bond acceptors (Lipinski definition) is 6. The number of piperidine rings is 1. The molecule has 1 fully saturated rings. The molecule has 6 amide bonds. The van der Waals surface area contributed by atoms with Crippen molar-refractivity contribution in [1.82, 2.24) is 20.9 Å². The van der Waals surface area contributed by atoms with Crippen molar-refractivity contribution in [2.45, 2.75) is 38.4 Å². The van der Waals surface area contributed by atoms with Crippen LogP contribution in [0.3, 0.4) is 0 Å². The maximum absolute atomic E-state index is 13.0. The molecule has 3 aromatic carbocycles. The molecule has 41 heavy (non-hydrogen) atoms. The number of rotatable bonds is 8. The van der Waals surface area contributed by atoms with E-state index in [1.54, 1.807) is 0 Å². The molecule has 2 aliphatic rings. The van der Waals surface area contributed by atoms with E-state index in [2.05, 4.69) is 31.9 Å². The van der Waals surface area contributed by atoms with Gasteiger partial charge in [-0.2, -0.15) is 0 Å². The summed E-state index contributed by atoms with van der Waals surface area (Å²) in [5, 5.41) is 7.85. The van der Waals surface area contributed by atoms with Crippen LogP contribution in [0.2, 0.25) is 0 Å². The van der Waals surface area contributed by atoms with Gasteiger partial charge < -0.3 is 10.6 Å². The zero-order chi connectivity index (χ0) is 29.1. The van der Waals surface area contributed by atoms with Gasteiger partial charge in [-0.1, -0.05) is 58.4 Å². The molecule has 2 aliphatic heterocycles. The fourth-order valence-electron chi connectivity index (χ4n) is 4.75. The standard InChI is InChI=1S/C30H25BrN4O6/c31-23-4-2-1-3-19(23)14-26(37)32-15-17-5-7-18(8-6-17)16-33-27(38)20-9-10-21-22(13-20)30(41)35(29(21)40)24-11-12-25(36)34-28(24)39/h1-10,13,24H,11-12,14-16H2,(H,32,37)(H,33,38)(H,34,36,39). The van der Waals surface area contributed by atoms with Gasteiger partial charge in [-0.15, -0.1) is 0 Å². The lowest BCUT2D eigenvalue weighted by Crippen LogP contribution is -2.54. The van der Waals surface area contributed by atoms with Crippen molar-refractivity contribution in [2.24, 2.45) is 0 Å². The SMILES string of the molecule is O=C(Cc1ccccc1Br)NCc1ccc(CNC(=O)c2ccc3c(c2)C(=O)N(C2CCC(=O)NC2=O)C3=O)cc1. The Kier molecular flexibility index (Phi) is 8.06. The maximum atomic E-state index is 13.0. The Bertz CT molecular complexity index is 1590. The predicted octanol–water partition coefficient (Wildman–Crippen LogP) is 2.64. The summed E-state index contributed by atoms with van der Waals surface area (Å²) in [5.41, 5.74) is 2.98. The van der Waals surface area contributed by atoms with Crippen LogP contribution in [0.1, 0.15) is 60.6 Å². The molecule has 208 valence electrons. The first-order valence-electron chi connectivity index (χ1n) is 12.9. The molecule has 0 aliphatic carbocycles. The first kappa shape index (κ1) is 27.9. The van der Waals surface area contributed by atoms with E-state index in [0.29, 0.717) is 6.54 Å². The molecular formula is C30H25BrN4O6. The zero-order valence-electron chi connectivity index (χ0n) is 21.7. The molecule has 0 bridgehead atoms. The van der Waals surface area contributed by atoms with Crippen molar-refractivity contribution in [2.75, 3.05) is 0 Å². The van der Waals surface area contributed by atoms with Crippen LogP contribution < -0.4 is 16.0 Å². The number of imide groups is 2. The van der Waals surface area contributed by atoms with Gasteiger partial charge in [0.05, 0.1) is 17.5 Å². The summed E-state index contributed by atoms with van der Waals surface area (Å²) in [6, 6.07) is 18.1. The molecule has 0 aromatic heterocycles. The van der Waals surface area contributed by atoms with Crippen LogP contribution in [0.4, 0.5) is 0 Å². The van der Waals surface area contributed by atoms with Crippen molar-refractivity contribution in [3.8, 4) is 0 Å². The van der Waals surface area contributed by atoms with Crippen molar-refractivity contribution in [1.29, 1.82) is 0 Å². The number of nitrogens with zero attached hydrogens (tertiary/aromatic N) is 1. The Morgan fingerprint density at radius 2 is 1.51 bits per heavy atom. The number of fused-ring (bicyclic) bond motifs is 1. The number of carbonyl (C=O) groups excluding carboxylic acids is 6. The van der Waals surface area contributed by atoms with Crippen molar-refractivity contribution >= 4 is 51.4 Å². The van der Waals surface area contributed by atoms with E-state index in [4.69, 9.17) is 0 Å². The van der Waals surface area contributed by atoms with Gasteiger partial charge in [0.2, 0.25) is 17.7 Å². The van der Waals surface area contributed by atoms with Crippen LogP contribution in [-0.2, 0) is 33.9 Å². The van der Waals surface area contributed by atoms with Gasteiger partial charge in [-0.05, 0) is 47.4 Å². The molecule has 11 heteroatoms. The predicted molar refractivity (Wildman–Crippen MR) is 150 cm³/mol. The van der Waals surface area contributed by atoms with E-state index in [9.17, 15) is 28.8 Å². The van der Waals surface area contributed by atoms with E-state index < -0.39 is 35.6 Å².